The third kappa shape index (κ3) is 3.03. The number of nitrogens with zero attached hydrogens (tertiary/aromatic N) is 1. The zero-order valence-corrected chi connectivity index (χ0v) is 11.5. The fraction of sp³-hybridized carbons (Fsp3) is 0.385. The molecule has 1 aromatic carbocycles. The molecule has 1 amide bonds. The molecule has 0 bridgehead atoms. The predicted molar refractivity (Wildman–Crippen MR) is 76.9 cm³/mol. The summed E-state index contributed by atoms with van der Waals surface area (Å²) in [6, 6.07) is 8.60. The first kappa shape index (κ1) is 12.0. The molecule has 0 spiro atoms. The minimum atomic E-state index is 0.156. The van der Waals surface area contributed by atoms with E-state index in [2.05, 4.69) is 16.4 Å². The van der Waals surface area contributed by atoms with Crippen molar-refractivity contribution in [3.63, 3.8) is 0 Å². The lowest BCUT2D eigenvalue weighted by molar-refractivity contribution is -0.118. The lowest BCUT2D eigenvalue weighted by Gasteiger charge is -2.01. The molecule has 1 aliphatic rings. The van der Waals surface area contributed by atoms with Crippen molar-refractivity contribution in [2.24, 2.45) is 0 Å². The number of fused-ring (bicyclic) bond motifs is 1. The van der Waals surface area contributed by atoms with Gasteiger partial charge in [-0.15, -0.1) is 23.1 Å². The van der Waals surface area contributed by atoms with Crippen molar-refractivity contribution in [3.8, 4) is 0 Å². The molecule has 1 N–H and O–H groups in total. The average Bonchev–Trinajstić information content (AvgIpc) is 3.07. The van der Waals surface area contributed by atoms with E-state index >= 15 is 0 Å². The molecule has 5 heteroatoms. The molecule has 1 fully saturated rings. The maximum atomic E-state index is 11.5. The summed E-state index contributed by atoms with van der Waals surface area (Å²) in [6.07, 6.45) is 2.29. The summed E-state index contributed by atoms with van der Waals surface area (Å²) < 4.78 is 1.22. The van der Waals surface area contributed by atoms with Crippen LogP contribution in [0, 0.1) is 0 Å². The smallest absolute Gasteiger partial charge is 0.230 e. The van der Waals surface area contributed by atoms with Crippen molar-refractivity contribution in [1.29, 1.82) is 0 Å². The number of carbonyl (C=O) groups is 1. The molecule has 1 aromatic heterocycles. The molecule has 0 atom stereocenters. The van der Waals surface area contributed by atoms with E-state index in [1.807, 2.05) is 18.2 Å². The molecule has 94 valence electrons. The van der Waals surface area contributed by atoms with Crippen LogP contribution in [0.15, 0.2) is 24.3 Å². The molecule has 1 heterocycles. The Morgan fingerprint density at radius 3 is 3.06 bits per heavy atom. The number of rotatable bonds is 5. The number of benzene rings is 1. The summed E-state index contributed by atoms with van der Waals surface area (Å²) in [4.78, 5) is 16.1. The largest absolute Gasteiger partial charge is 0.353 e. The van der Waals surface area contributed by atoms with Crippen LogP contribution in [0.3, 0.4) is 0 Å². The van der Waals surface area contributed by atoms with Crippen LogP contribution in [0.1, 0.15) is 17.8 Å². The molecule has 2 aromatic rings. The van der Waals surface area contributed by atoms with Gasteiger partial charge in [0.25, 0.3) is 0 Å². The van der Waals surface area contributed by atoms with Crippen LogP contribution < -0.4 is 5.32 Å². The van der Waals surface area contributed by atoms with Crippen LogP contribution in [0.4, 0.5) is 0 Å². The summed E-state index contributed by atoms with van der Waals surface area (Å²) in [7, 11) is 0. The van der Waals surface area contributed by atoms with Crippen molar-refractivity contribution in [1.82, 2.24) is 10.3 Å². The standard InChI is InChI=1S/C13H14N2OS2/c16-12(14-9-5-6-9)7-17-8-13-15-10-3-1-2-4-11(10)18-13/h1-4,9H,5-8H2,(H,14,16). The van der Waals surface area contributed by atoms with Crippen LogP contribution in [0.5, 0.6) is 0 Å². The lowest BCUT2D eigenvalue weighted by Crippen LogP contribution is -2.27. The van der Waals surface area contributed by atoms with Gasteiger partial charge in [-0.2, -0.15) is 0 Å². The Labute approximate surface area is 114 Å². The van der Waals surface area contributed by atoms with Gasteiger partial charge in [-0.3, -0.25) is 4.79 Å². The Kier molecular flexibility index (Phi) is 3.52. The van der Waals surface area contributed by atoms with E-state index in [0.717, 1.165) is 29.1 Å². The molecule has 3 nitrogen and oxygen atoms in total. The van der Waals surface area contributed by atoms with E-state index in [1.165, 1.54) is 4.70 Å². The highest BCUT2D eigenvalue weighted by Gasteiger charge is 2.22. The van der Waals surface area contributed by atoms with Gasteiger partial charge in [0, 0.05) is 11.8 Å². The van der Waals surface area contributed by atoms with E-state index in [0.29, 0.717) is 11.8 Å². The summed E-state index contributed by atoms with van der Waals surface area (Å²) >= 11 is 3.35. The third-order valence-corrected chi connectivity index (χ3v) is 4.90. The Bertz CT molecular complexity index is 530. The first-order valence-electron chi connectivity index (χ1n) is 6.03. The number of carbonyl (C=O) groups excluding carboxylic acids is 1. The van der Waals surface area contributed by atoms with Crippen molar-refractivity contribution < 1.29 is 4.79 Å². The van der Waals surface area contributed by atoms with Crippen LogP contribution in [-0.4, -0.2) is 22.7 Å². The van der Waals surface area contributed by atoms with Crippen molar-refractivity contribution in [3.05, 3.63) is 29.3 Å². The van der Waals surface area contributed by atoms with Crippen LogP contribution in [0.2, 0.25) is 0 Å². The second-order valence-electron chi connectivity index (χ2n) is 4.41. The first-order chi connectivity index (χ1) is 8.81. The molecule has 0 aliphatic heterocycles. The highest BCUT2D eigenvalue weighted by molar-refractivity contribution is 7.99. The number of thioether (sulfide) groups is 1. The summed E-state index contributed by atoms with van der Waals surface area (Å²) in [5.74, 6) is 1.51. The van der Waals surface area contributed by atoms with E-state index in [4.69, 9.17) is 0 Å². The molecule has 0 radical (unpaired) electrons. The van der Waals surface area contributed by atoms with Gasteiger partial charge in [-0.25, -0.2) is 4.98 Å². The zero-order chi connectivity index (χ0) is 12.4. The normalized spacial score (nSPS) is 14.9. The molecule has 1 saturated carbocycles. The highest BCUT2D eigenvalue weighted by Crippen LogP contribution is 2.25. The Morgan fingerprint density at radius 2 is 2.28 bits per heavy atom. The number of amides is 1. The number of aromatic nitrogens is 1. The van der Waals surface area contributed by atoms with Gasteiger partial charge in [-0.05, 0) is 25.0 Å². The van der Waals surface area contributed by atoms with Gasteiger partial charge < -0.3 is 5.32 Å². The minimum absolute atomic E-state index is 0.156. The second kappa shape index (κ2) is 5.28. The van der Waals surface area contributed by atoms with Gasteiger partial charge in [0.1, 0.15) is 5.01 Å². The van der Waals surface area contributed by atoms with Crippen LogP contribution >= 0.6 is 23.1 Å². The number of hydrogen-bond donors (Lipinski definition) is 1. The van der Waals surface area contributed by atoms with Crippen LogP contribution in [0.25, 0.3) is 10.2 Å². The lowest BCUT2D eigenvalue weighted by atomic mass is 10.3. The summed E-state index contributed by atoms with van der Waals surface area (Å²) in [6.45, 7) is 0. The number of thiazole rings is 1. The summed E-state index contributed by atoms with van der Waals surface area (Å²) in [5.41, 5.74) is 1.06. The molecule has 0 saturated heterocycles. The SMILES string of the molecule is O=C(CSCc1nc2ccccc2s1)NC1CC1. The zero-order valence-electron chi connectivity index (χ0n) is 9.89. The Balaban J connectivity index is 1.51. The molecule has 0 unspecified atom stereocenters. The second-order valence-corrected chi connectivity index (χ2v) is 6.51. The quantitative estimate of drug-likeness (QED) is 0.914. The van der Waals surface area contributed by atoms with Crippen LogP contribution in [-0.2, 0) is 10.5 Å². The highest BCUT2D eigenvalue weighted by atomic mass is 32.2. The maximum absolute atomic E-state index is 11.5. The van der Waals surface area contributed by atoms with Crippen molar-refractivity contribution >= 4 is 39.2 Å². The molecule has 18 heavy (non-hydrogen) atoms. The summed E-state index contributed by atoms with van der Waals surface area (Å²) in [5, 5.41) is 4.09. The Morgan fingerprint density at radius 1 is 1.44 bits per heavy atom. The van der Waals surface area contributed by atoms with Gasteiger partial charge in [0.2, 0.25) is 5.91 Å². The topological polar surface area (TPSA) is 42.0 Å². The molecular weight excluding hydrogens is 264 g/mol. The predicted octanol–water partition coefficient (Wildman–Crippen LogP) is 2.81. The fourth-order valence-corrected chi connectivity index (χ4v) is 3.57. The van der Waals surface area contributed by atoms with Crippen molar-refractivity contribution in [2.45, 2.75) is 24.6 Å². The third-order valence-electron chi connectivity index (χ3n) is 2.74. The van der Waals surface area contributed by atoms with Gasteiger partial charge in [-0.1, -0.05) is 12.1 Å². The number of para-hydroxylation sites is 1. The van der Waals surface area contributed by atoms with E-state index in [9.17, 15) is 4.79 Å². The van der Waals surface area contributed by atoms with Gasteiger partial charge in [0.05, 0.1) is 16.0 Å². The van der Waals surface area contributed by atoms with Gasteiger partial charge >= 0.3 is 0 Å². The number of nitrogens with one attached hydrogen (secondary N) is 1. The molecular formula is C13H14N2OS2. The Hall–Kier alpha value is -1.07. The fourth-order valence-electron chi connectivity index (χ4n) is 1.71. The monoisotopic (exact) mass is 278 g/mol. The van der Waals surface area contributed by atoms with Crippen molar-refractivity contribution in [2.75, 3.05) is 5.75 Å². The molecule has 1 aliphatic carbocycles. The van der Waals surface area contributed by atoms with E-state index in [1.54, 1.807) is 23.1 Å². The van der Waals surface area contributed by atoms with Gasteiger partial charge in [0.15, 0.2) is 0 Å². The minimum Gasteiger partial charge on any atom is -0.353 e. The average molecular weight is 278 g/mol. The van der Waals surface area contributed by atoms with E-state index in [-0.39, 0.29) is 5.91 Å². The maximum Gasteiger partial charge on any atom is 0.230 e. The molecule has 3 rings (SSSR count). The van der Waals surface area contributed by atoms with E-state index < -0.39 is 0 Å². The first-order valence-corrected chi connectivity index (χ1v) is 8.00. The number of hydrogen-bond acceptors (Lipinski definition) is 4.